The van der Waals surface area contributed by atoms with Crippen molar-refractivity contribution >= 4 is 30.5 Å². The highest BCUT2D eigenvalue weighted by Gasteiger charge is 2.37. The molecule has 0 aliphatic heterocycles. The van der Waals surface area contributed by atoms with E-state index < -0.39 is 8.32 Å². The Morgan fingerprint density at radius 1 is 1.29 bits per heavy atom. The van der Waals surface area contributed by atoms with E-state index in [1.165, 1.54) is 0 Å². The average Bonchev–Trinajstić information content (AvgIpc) is 2.42. The summed E-state index contributed by atoms with van der Waals surface area (Å²) in [7, 11) is -1.78. The summed E-state index contributed by atoms with van der Waals surface area (Å²) in [5.41, 5.74) is 1.58. The number of carbonyl (C=O) groups excluding carboxylic acids is 1. The summed E-state index contributed by atoms with van der Waals surface area (Å²) in [4.78, 5) is 11.2. The number of hydrogen-bond acceptors (Lipinski definition) is 3. The monoisotopic (exact) mass is 372 g/mol. The van der Waals surface area contributed by atoms with Crippen LogP contribution < -0.4 is 4.74 Å². The number of alkyl halides is 1. The van der Waals surface area contributed by atoms with Crippen molar-refractivity contribution in [3.8, 4) is 5.75 Å². The highest BCUT2D eigenvalue weighted by molar-refractivity contribution is 9.09. The van der Waals surface area contributed by atoms with Crippen LogP contribution in [0.1, 0.15) is 36.7 Å². The molecule has 1 aromatic rings. The Labute approximate surface area is 137 Å². The van der Waals surface area contributed by atoms with Crippen molar-refractivity contribution in [1.82, 2.24) is 0 Å². The molecule has 0 N–H and O–H groups in total. The van der Waals surface area contributed by atoms with Crippen molar-refractivity contribution in [2.45, 2.75) is 45.5 Å². The Hall–Kier alpha value is -0.653. The Kier molecular flexibility index (Phi) is 6.62. The Balaban J connectivity index is 2.79. The van der Waals surface area contributed by atoms with E-state index in [9.17, 15) is 4.79 Å². The summed E-state index contributed by atoms with van der Waals surface area (Å²) in [6, 6.07) is 5.66. The molecule has 0 spiro atoms. The first-order valence-corrected chi connectivity index (χ1v) is 11.1. The Bertz CT molecular complexity index is 481. The minimum Gasteiger partial charge on any atom is -0.492 e. The van der Waals surface area contributed by atoms with Gasteiger partial charge in [-0.2, -0.15) is 0 Å². The van der Waals surface area contributed by atoms with E-state index in [-0.39, 0.29) is 5.04 Å². The number of hydrogen-bond donors (Lipinski definition) is 0. The first-order valence-electron chi connectivity index (χ1n) is 7.12. The van der Waals surface area contributed by atoms with Crippen molar-refractivity contribution in [2.75, 3.05) is 11.9 Å². The van der Waals surface area contributed by atoms with Gasteiger partial charge in [0.25, 0.3) is 0 Å². The second-order valence-corrected chi connectivity index (χ2v) is 12.2. The summed E-state index contributed by atoms with van der Waals surface area (Å²) < 4.78 is 11.7. The van der Waals surface area contributed by atoms with Crippen molar-refractivity contribution in [3.63, 3.8) is 0 Å². The molecule has 0 aromatic heterocycles. The van der Waals surface area contributed by atoms with E-state index in [1.54, 1.807) is 0 Å². The molecule has 3 nitrogen and oxygen atoms in total. The molecular formula is C16H25BrO3Si. The predicted octanol–water partition coefficient (Wildman–Crippen LogP) is 4.79. The maximum atomic E-state index is 11.2. The summed E-state index contributed by atoms with van der Waals surface area (Å²) in [5, 5.41) is 0.918. The molecule has 21 heavy (non-hydrogen) atoms. The summed E-state index contributed by atoms with van der Waals surface area (Å²) >= 11 is 3.30. The van der Waals surface area contributed by atoms with Gasteiger partial charge in [0.15, 0.2) is 14.6 Å². The summed E-state index contributed by atoms with van der Waals surface area (Å²) in [5.74, 6) is 0.625. The minimum atomic E-state index is -1.78. The quantitative estimate of drug-likeness (QED) is 0.391. The first kappa shape index (κ1) is 18.4. The van der Waals surface area contributed by atoms with Crippen LogP contribution in [-0.2, 0) is 11.0 Å². The van der Waals surface area contributed by atoms with Crippen LogP contribution in [0.15, 0.2) is 18.2 Å². The van der Waals surface area contributed by atoms with Crippen LogP contribution in [-0.4, -0.2) is 26.5 Å². The molecule has 0 unspecified atom stereocenters. The van der Waals surface area contributed by atoms with E-state index in [2.05, 4.69) is 49.8 Å². The van der Waals surface area contributed by atoms with Crippen molar-refractivity contribution in [2.24, 2.45) is 0 Å². The number of halogens is 1. The molecule has 0 radical (unpaired) electrons. The van der Waals surface area contributed by atoms with Gasteiger partial charge in [-0.25, -0.2) is 0 Å². The molecule has 0 amide bonds. The molecule has 118 valence electrons. The second-order valence-electron chi connectivity index (χ2n) is 6.58. The van der Waals surface area contributed by atoms with Crippen LogP contribution in [0.5, 0.6) is 5.75 Å². The number of aldehydes is 1. The lowest BCUT2D eigenvalue weighted by Gasteiger charge is -2.36. The van der Waals surface area contributed by atoms with Gasteiger partial charge in [-0.3, -0.25) is 4.79 Å². The van der Waals surface area contributed by atoms with Crippen LogP contribution in [0.4, 0.5) is 0 Å². The van der Waals surface area contributed by atoms with Gasteiger partial charge in [0.2, 0.25) is 0 Å². The molecule has 0 saturated carbocycles. The first-order chi connectivity index (χ1) is 9.71. The van der Waals surface area contributed by atoms with Gasteiger partial charge in [-0.15, -0.1) is 0 Å². The fourth-order valence-corrected chi connectivity index (χ4v) is 2.66. The molecule has 0 heterocycles. The van der Waals surface area contributed by atoms with E-state index in [0.29, 0.717) is 24.5 Å². The number of rotatable bonds is 7. The fourth-order valence-electron chi connectivity index (χ4n) is 1.54. The number of benzene rings is 1. The minimum absolute atomic E-state index is 0.180. The Morgan fingerprint density at radius 2 is 1.95 bits per heavy atom. The van der Waals surface area contributed by atoms with Crippen LogP contribution in [0.25, 0.3) is 0 Å². The third-order valence-electron chi connectivity index (χ3n) is 3.94. The standard InChI is InChI=1S/C16H25BrO3Si/c1-16(2,3)21(4,5)20-12-13-6-7-15(19-9-8-17)14(10-13)11-18/h6-7,10-11H,8-9,12H2,1-5H3. The van der Waals surface area contributed by atoms with Crippen molar-refractivity contribution in [1.29, 1.82) is 0 Å². The van der Waals surface area contributed by atoms with Gasteiger partial charge in [-0.05, 0) is 35.8 Å². The largest absolute Gasteiger partial charge is 0.492 e. The van der Waals surface area contributed by atoms with Gasteiger partial charge in [0.05, 0.1) is 18.8 Å². The normalized spacial score (nSPS) is 12.3. The van der Waals surface area contributed by atoms with E-state index in [0.717, 1.165) is 17.2 Å². The molecule has 0 fully saturated rings. The smallest absolute Gasteiger partial charge is 0.192 e. The zero-order valence-electron chi connectivity index (χ0n) is 13.5. The fraction of sp³-hybridized carbons (Fsp3) is 0.562. The molecule has 0 aliphatic carbocycles. The summed E-state index contributed by atoms with van der Waals surface area (Å²) in [6.45, 7) is 12.2. The number of ether oxygens (including phenoxy) is 1. The molecule has 0 saturated heterocycles. The second kappa shape index (κ2) is 7.56. The van der Waals surface area contributed by atoms with E-state index >= 15 is 0 Å². The molecule has 0 atom stereocenters. The predicted molar refractivity (Wildman–Crippen MR) is 93.1 cm³/mol. The average molecular weight is 373 g/mol. The summed E-state index contributed by atoms with van der Waals surface area (Å²) in [6.07, 6.45) is 0.833. The van der Waals surface area contributed by atoms with Crippen LogP contribution in [0.2, 0.25) is 18.1 Å². The van der Waals surface area contributed by atoms with Gasteiger partial charge in [-0.1, -0.05) is 42.8 Å². The van der Waals surface area contributed by atoms with Crippen LogP contribution in [0.3, 0.4) is 0 Å². The lowest BCUT2D eigenvalue weighted by atomic mass is 10.1. The van der Waals surface area contributed by atoms with Gasteiger partial charge in [0, 0.05) is 5.33 Å². The molecule has 5 heteroatoms. The highest BCUT2D eigenvalue weighted by atomic mass is 79.9. The molecule has 1 rings (SSSR count). The van der Waals surface area contributed by atoms with Crippen molar-refractivity contribution in [3.05, 3.63) is 29.3 Å². The Morgan fingerprint density at radius 3 is 2.48 bits per heavy atom. The maximum Gasteiger partial charge on any atom is 0.192 e. The zero-order valence-corrected chi connectivity index (χ0v) is 16.1. The van der Waals surface area contributed by atoms with Crippen LogP contribution >= 0.6 is 15.9 Å². The zero-order chi connectivity index (χ0) is 16.1. The maximum absolute atomic E-state index is 11.2. The molecule has 1 aromatic carbocycles. The third kappa shape index (κ3) is 5.24. The van der Waals surface area contributed by atoms with Gasteiger partial charge in [0.1, 0.15) is 5.75 Å². The molecule has 0 aliphatic rings. The van der Waals surface area contributed by atoms with E-state index in [4.69, 9.17) is 9.16 Å². The molecular weight excluding hydrogens is 348 g/mol. The number of carbonyl (C=O) groups is 1. The lowest BCUT2D eigenvalue weighted by Crippen LogP contribution is -2.40. The highest BCUT2D eigenvalue weighted by Crippen LogP contribution is 2.37. The van der Waals surface area contributed by atoms with Crippen LogP contribution in [0, 0.1) is 0 Å². The van der Waals surface area contributed by atoms with E-state index in [1.807, 2.05) is 18.2 Å². The van der Waals surface area contributed by atoms with Gasteiger partial charge >= 0.3 is 0 Å². The van der Waals surface area contributed by atoms with Gasteiger partial charge < -0.3 is 9.16 Å². The third-order valence-corrected chi connectivity index (χ3v) is 8.74. The molecule has 0 bridgehead atoms. The topological polar surface area (TPSA) is 35.5 Å². The SMILES string of the molecule is CC(C)(C)[Si](C)(C)OCc1ccc(OCCBr)c(C=O)c1. The lowest BCUT2D eigenvalue weighted by molar-refractivity contribution is 0.111. The van der Waals surface area contributed by atoms with Crippen molar-refractivity contribution < 1.29 is 14.0 Å².